The molecule has 0 aromatic heterocycles. The van der Waals surface area contributed by atoms with Crippen molar-refractivity contribution in [2.45, 2.75) is 51.7 Å². The van der Waals surface area contributed by atoms with E-state index in [0.29, 0.717) is 6.10 Å². The molecular weight excluding hydrogens is 188 g/mol. The summed E-state index contributed by atoms with van der Waals surface area (Å²) in [6.45, 7) is 10.4. The molecule has 2 unspecified atom stereocenters. The quantitative estimate of drug-likeness (QED) is 0.773. The van der Waals surface area contributed by atoms with Gasteiger partial charge in [0.05, 0.1) is 6.10 Å². The zero-order chi connectivity index (χ0) is 11.3. The van der Waals surface area contributed by atoms with Gasteiger partial charge in [-0.2, -0.15) is 0 Å². The molecule has 1 heterocycles. The summed E-state index contributed by atoms with van der Waals surface area (Å²) < 4.78 is 5.67. The molecule has 90 valence electrons. The molecule has 1 fully saturated rings. The summed E-state index contributed by atoms with van der Waals surface area (Å²) in [7, 11) is 0. The van der Waals surface area contributed by atoms with E-state index in [0.717, 1.165) is 32.7 Å². The lowest BCUT2D eigenvalue weighted by Crippen LogP contribution is -2.53. The first-order valence-corrected chi connectivity index (χ1v) is 6.19. The fourth-order valence-corrected chi connectivity index (χ4v) is 2.41. The van der Waals surface area contributed by atoms with Gasteiger partial charge in [-0.15, -0.1) is 0 Å². The van der Waals surface area contributed by atoms with Crippen LogP contribution in [0.1, 0.15) is 40.0 Å². The van der Waals surface area contributed by atoms with Gasteiger partial charge in [-0.1, -0.05) is 13.3 Å². The van der Waals surface area contributed by atoms with Crippen LogP contribution in [-0.2, 0) is 4.74 Å². The van der Waals surface area contributed by atoms with Gasteiger partial charge in [0, 0.05) is 31.8 Å². The highest BCUT2D eigenvalue weighted by Gasteiger charge is 2.31. The second-order valence-corrected chi connectivity index (χ2v) is 4.93. The monoisotopic (exact) mass is 214 g/mol. The Hall–Kier alpha value is -0.120. The van der Waals surface area contributed by atoms with Crippen molar-refractivity contribution in [3.05, 3.63) is 0 Å². The van der Waals surface area contributed by atoms with Crippen LogP contribution in [0.25, 0.3) is 0 Å². The maximum Gasteiger partial charge on any atom is 0.0674 e. The number of ether oxygens (including phenoxy) is 1. The number of hydrogen-bond donors (Lipinski definition) is 1. The lowest BCUT2D eigenvalue weighted by molar-refractivity contribution is 0.0401. The third-order valence-electron chi connectivity index (χ3n) is 3.44. The summed E-state index contributed by atoms with van der Waals surface area (Å²) in [4.78, 5) is 2.52. The topological polar surface area (TPSA) is 38.5 Å². The van der Waals surface area contributed by atoms with Crippen LogP contribution in [0.4, 0.5) is 0 Å². The first-order valence-electron chi connectivity index (χ1n) is 6.19. The molecule has 3 nitrogen and oxygen atoms in total. The van der Waals surface area contributed by atoms with Crippen LogP contribution in [0, 0.1) is 0 Å². The van der Waals surface area contributed by atoms with Gasteiger partial charge < -0.3 is 10.5 Å². The summed E-state index contributed by atoms with van der Waals surface area (Å²) >= 11 is 0. The van der Waals surface area contributed by atoms with Crippen LogP contribution in [0.5, 0.6) is 0 Å². The molecule has 0 amide bonds. The third kappa shape index (κ3) is 3.44. The van der Waals surface area contributed by atoms with Gasteiger partial charge in [0.15, 0.2) is 0 Å². The van der Waals surface area contributed by atoms with Crippen LogP contribution in [0.15, 0.2) is 0 Å². The molecule has 1 aliphatic heterocycles. The Labute approximate surface area is 94.0 Å². The van der Waals surface area contributed by atoms with Gasteiger partial charge in [-0.25, -0.2) is 0 Å². The van der Waals surface area contributed by atoms with Crippen molar-refractivity contribution in [2.24, 2.45) is 5.73 Å². The van der Waals surface area contributed by atoms with E-state index < -0.39 is 0 Å². The molecule has 0 saturated carbocycles. The average molecular weight is 214 g/mol. The van der Waals surface area contributed by atoms with Gasteiger partial charge in [0.1, 0.15) is 0 Å². The maximum absolute atomic E-state index is 5.94. The van der Waals surface area contributed by atoms with E-state index in [9.17, 15) is 0 Å². The van der Waals surface area contributed by atoms with Gasteiger partial charge in [-0.05, 0) is 26.7 Å². The van der Waals surface area contributed by atoms with E-state index in [1.807, 2.05) is 0 Å². The Bertz CT molecular complexity index is 186. The second-order valence-electron chi connectivity index (χ2n) is 4.93. The predicted molar refractivity (Wildman–Crippen MR) is 64.0 cm³/mol. The van der Waals surface area contributed by atoms with Crippen molar-refractivity contribution >= 4 is 0 Å². The summed E-state index contributed by atoms with van der Waals surface area (Å²) in [6.07, 6.45) is 3.84. The number of nitrogens with two attached hydrogens (primary N) is 1. The van der Waals surface area contributed by atoms with Crippen LogP contribution >= 0.6 is 0 Å². The van der Waals surface area contributed by atoms with E-state index in [1.54, 1.807) is 0 Å². The SMILES string of the molecule is CCCC(C)(CN)N1CCCOC(C)C1. The minimum Gasteiger partial charge on any atom is -0.377 e. The maximum atomic E-state index is 5.94. The smallest absolute Gasteiger partial charge is 0.0674 e. The highest BCUT2D eigenvalue weighted by molar-refractivity contribution is 4.88. The summed E-state index contributed by atoms with van der Waals surface area (Å²) in [5.74, 6) is 0. The van der Waals surface area contributed by atoms with Crippen LogP contribution in [-0.4, -0.2) is 42.8 Å². The fraction of sp³-hybridized carbons (Fsp3) is 1.00. The summed E-state index contributed by atoms with van der Waals surface area (Å²) in [6, 6.07) is 0. The third-order valence-corrected chi connectivity index (χ3v) is 3.44. The fourth-order valence-electron chi connectivity index (χ4n) is 2.41. The number of rotatable bonds is 4. The van der Waals surface area contributed by atoms with Gasteiger partial charge in [-0.3, -0.25) is 4.90 Å². The van der Waals surface area contributed by atoms with Crippen LogP contribution in [0.2, 0.25) is 0 Å². The molecule has 0 aliphatic carbocycles. The molecule has 0 aromatic rings. The van der Waals surface area contributed by atoms with Crippen molar-refractivity contribution in [2.75, 3.05) is 26.2 Å². The minimum absolute atomic E-state index is 0.163. The number of nitrogens with zero attached hydrogens (tertiary/aromatic N) is 1. The molecule has 15 heavy (non-hydrogen) atoms. The lowest BCUT2D eigenvalue weighted by atomic mass is 9.93. The molecule has 1 rings (SSSR count). The first kappa shape index (κ1) is 12.9. The lowest BCUT2D eigenvalue weighted by Gasteiger charge is -2.40. The Morgan fingerprint density at radius 3 is 2.87 bits per heavy atom. The molecule has 0 spiro atoms. The van der Waals surface area contributed by atoms with E-state index in [2.05, 4.69) is 25.7 Å². The van der Waals surface area contributed by atoms with Gasteiger partial charge in [0.2, 0.25) is 0 Å². The molecular formula is C12H26N2O. The largest absolute Gasteiger partial charge is 0.377 e. The van der Waals surface area contributed by atoms with Gasteiger partial charge in [0.25, 0.3) is 0 Å². The molecule has 2 N–H and O–H groups in total. The molecule has 0 radical (unpaired) electrons. The minimum atomic E-state index is 0.163. The summed E-state index contributed by atoms with van der Waals surface area (Å²) in [5.41, 5.74) is 6.10. The average Bonchev–Trinajstić information content (AvgIpc) is 2.43. The molecule has 1 aliphatic rings. The van der Waals surface area contributed by atoms with Crippen LogP contribution < -0.4 is 5.73 Å². The zero-order valence-electron chi connectivity index (χ0n) is 10.5. The normalized spacial score (nSPS) is 28.4. The zero-order valence-corrected chi connectivity index (χ0v) is 10.5. The van der Waals surface area contributed by atoms with E-state index >= 15 is 0 Å². The van der Waals surface area contributed by atoms with Gasteiger partial charge >= 0.3 is 0 Å². The van der Waals surface area contributed by atoms with Crippen molar-refractivity contribution in [3.63, 3.8) is 0 Å². The Balaban J connectivity index is 2.64. The second kappa shape index (κ2) is 5.83. The predicted octanol–water partition coefficient (Wildman–Crippen LogP) is 1.61. The molecule has 0 aromatic carbocycles. The van der Waals surface area contributed by atoms with Crippen molar-refractivity contribution in [1.82, 2.24) is 4.90 Å². The summed E-state index contributed by atoms with van der Waals surface area (Å²) in [5, 5.41) is 0. The highest BCUT2D eigenvalue weighted by Crippen LogP contribution is 2.22. The van der Waals surface area contributed by atoms with E-state index in [1.165, 1.54) is 12.8 Å². The van der Waals surface area contributed by atoms with Crippen molar-refractivity contribution in [1.29, 1.82) is 0 Å². The van der Waals surface area contributed by atoms with E-state index in [-0.39, 0.29) is 5.54 Å². The van der Waals surface area contributed by atoms with Crippen molar-refractivity contribution in [3.8, 4) is 0 Å². The Morgan fingerprint density at radius 2 is 2.27 bits per heavy atom. The first-order chi connectivity index (χ1) is 7.12. The highest BCUT2D eigenvalue weighted by atomic mass is 16.5. The standard InChI is InChI=1S/C12H26N2O/c1-4-6-12(3,10-13)14-7-5-8-15-11(2)9-14/h11H,4-10,13H2,1-3H3. The molecule has 2 atom stereocenters. The Morgan fingerprint density at radius 1 is 1.53 bits per heavy atom. The Kier molecular flexibility index (Phi) is 5.03. The molecule has 3 heteroatoms. The van der Waals surface area contributed by atoms with Crippen LogP contribution in [0.3, 0.4) is 0 Å². The number of hydrogen-bond acceptors (Lipinski definition) is 3. The van der Waals surface area contributed by atoms with Crippen molar-refractivity contribution < 1.29 is 4.74 Å². The molecule has 0 bridgehead atoms. The van der Waals surface area contributed by atoms with E-state index in [4.69, 9.17) is 10.5 Å². The molecule has 1 saturated heterocycles.